The Morgan fingerprint density at radius 3 is 2.21 bits per heavy atom. The standard InChI is InChI=1S/C24H34N4O4S/c1-17-12-13-19(3)22(14-17)28(33(31,32)26(6)7)16-23(29)27(20(4)24(30)25-5)15-21-11-9-8-10-18(21)2/h8-14,20H,15-16H2,1-7H3,(H,25,30). The molecule has 0 aliphatic rings. The number of amides is 2. The van der Waals surface area contributed by atoms with Crippen molar-refractivity contribution in [2.24, 2.45) is 0 Å². The fraction of sp³-hybridized carbons (Fsp3) is 0.417. The number of carbonyl (C=O) groups excluding carboxylic acids is 2. The van der Waals surface area contributed by atoms with Crippen molar-refractivity contribution >= 4 is 27.7 Å². The fourth-order valence-electron chi connectivity index (χ4n) is 3.45. The average molecular weight is 475 g/mol. The Bertz CT molecular complexity index is 1120. The summed E-state index contributed by atoms with van der Waals surface area (Å²) >= 11 is 0. The lowest BCUT2D eigenvalue weighted by Gasteiger charge is -2.33. The summed E-state index contributed by atoms with van der Waals surface area (Å²) in [6.07, 6.45) is 0. The third kappa shape index (κ3) is 6.11. The van der Waals surface area contributed by atoms with Crippen molar-refractivity contribution < 1.29 is 18.0 Å². The van der Waals surface area contributed by atoms with E-state index in [1.807, 2.05) is 50.2 Å². The number of nitrogens with zero attached hydrogens (tertiary/aromatic N) is 3. The third-order valence-corrected chi connectivity index (χ3v) is 7.47. The zero-order valence-corrected chi connectivity index (χ0v) is 21.2. The zero-order chi connectivity index (χ0) is 24.9. The van der Waals surface area contributed by atoms with Crippen LogP contribution < -0.4 is 9.62 Å². The second kappa shape index (κ2) is 10.8. The summed E-state index contributed by atoms with van der Waals surface area (Å²) in [5.74, 6) is -0.800. The van der Waals surface area contributed by atoms with Crippen LogP contribution in [0.4, 0.5) is 5.69 Å². The van der Waals surface area contributed by atoms with Crippen LogP contribution in [0.5, 0.6) is 0 Å². The molecule has 0 saturated heterocycles. The Morgan fingerprint density at radius 2 is 1.64 bits per heavy atom. The van der Waals surface area contributed by atoms with E-state index in [1.54, 1.807) is 19.9 Å². The van der Waals surface area contributed by atoms with Gasteiger partial charge in [0, 0.05) is 27.7 Å². The number of nitrogens with one attached hydrogen (secondary N) is 1. The van der Waals surface area contributed by atoms with E-state index >= 15 is 0 Å². The van der Waals surface area contributed by atoms with E-state index in [4.69, 9.17) is 0 Å². The van der Waals surface area contributed by atoms with Crippen LogP contribution in [0.25, 0.3) is 0 Å². The minimum absolute atomic E-state index is 0.183. The Kier molecular flexibility index (Phi) is 8.63. The summed E-state index contributed by atoms with van der Waals surface area (Å²) < 4.78 is 28.6. The average Bonchev–Trinajstić information content (AvgIpc) is 2.77. The third-order valence-electron chi connectivity index (χ3n) is 5.67. The molecule has 8 nitrogen and oxygen atoms in total. The van der Waals surface area contributed by atoms with Crippen molar-refractivity contribution in [2.45, 2.75) is 40.3 Å². The van der Waals surface area contributed by atoms with Crippen LogP contribution in [-0.2, 0) is 26.3 Å². The minimum Gasteiger partial charge on any atom is -0.357 e. The van der Waals surface area contributed by atoms with Gasteiger partial charge < -0.3 is 10.2 Å². The van der Waals surface area contributed by atoms with Gasteiger partial charge in [-0.2, -0.15) is 12.7 Å². The van der Waals surface area contributed by atoms with Gasteiger partial charge >= 0.3 is 10.2 Å². The molecule has 2 amide bonds. The first-order valence-corrected chi connectivity index (χ1v) is 12.1. The van der Waals surface area contributed by atoms with Crippen LogP contribution in [0, 0.1) is 20.8 Å². The number of carbonyl (C=O) groups is 2. The predicted octanol–water partition coefficient (Wildman–Crippen LogP) is 2.39. The van der Waals surface area contributed by atoms with Crippen LogP contribution in [0.3, 0.4) is 0 Å². The van der Waals surface area contributed by atoms with Crippen LogP contribution in [0.15, 0.2) is 42.5 Å². The van der Waals surface area contributed by atoms with Crippen molar-refractivity contribution in [3.63, 3.8) is 0 Å². The molecule has 1 N–H and O–H groups in total. The van der Waals surface area contributed by atoms with Gasteiger partial charge in [0.1, 0.15) is 12.6 Å². The molecular formula is C24H34N4O4S. The Labute approximate surface area is 197 Å². The summed E-state index contributed by atoms with van der Waals surface area (Å²) in [5, 5.41) is 2.58. The van der Waals surface area contributed by atoms with Gasteiger partial charge in [-0.15, -0.1) is 0 Å². The van der Waals surface area contributed by atoms with Gasteiger partial charge in [0.15, 0.2) is 0 Å². The normalized spacial score (nSPS) is 12.4. The van der Waals surface area contributed by atoms with Crippen LogP contribution >= 0.6 is 0 Å². The fourth-order valence-corrected chi connectivity index (χ4v) is 4.57. The highest BCUT2D eigenvalue weighted by Gasteiger charge is 2.33. The van der Waals surface area contributed by atoms with E-state index in [9.17, 15) is 18.0 Å². The molecule has 0 bridgehead atoms. The summed E-state index contributed by atoms with van der Waals surface area (Å²) in [6, 6.07) is 12.3. The van der Waals surface area contributed by atoms with E-state index < -0.39 is 28.7 Å². The molecule has 2 aromatic carbocycles. The quantitative estimate of drug-likeness (QED) is 0.604. The first-order valence-electron chi connectivity index (χ1n) is 10.7. The largest absolute Gasteiger partial charge is 0.357 e. The highest BCUT2D eigenvalue weighted by Crippen LogP contribution is 2.26. The molecule has 0 aliphatic heterocycles. The lowest BCUT2D eigenvalue weighted by molar-refractivity contribution is -0.139. The number of hydrogen-bond donors (Lipinski definition) is 1. The predicted molar refractivity (Wildman–Crippen MR) is 131 cm³/mol. The molecule has 0 aromatic heterocycles. The van der Waals surface area contributed by atoms with Gasteiger partial charge in [-0.25, -0.2) is 4.31 Å². The van der Waals surface area contributed by atoms with Crippen molar-refractivity contribution in [1.29, 1.82) is 0 Å². The maximum Gasteiger partial charge on any atom is 0.304 e. The van der Waals surface area contributed by atoms with Crippen molar-refractivity contribution in [2.75, 3.05) is 32.0 Å². The molecule has 0 spiro atoms. The molecule has 33 heavy (non-hydrogen) atoms. The number of rotatable bonds is 9. The molecular weight excluding hydrogens is 440 g/mol. The number of anilines is 1. The van der Waals surface area contributed by atoms with E-state index in [1.165, 1.54) is 26.0 Å². The summed E-state index contributed by atoms with van der Waals surface area (Å²) in [4.78, 5) is 27.5. The lowest BCUT2D eigenvalue weighted by Crippen LogP contribution is -2.52. The number of aryl methyl sites for hydroxylation is 3. The molecule has 1 unspecified atom stereocenters. The molecule has 0 fully saturated rings. The molecule has 0 radical (unpaired) electrons. The smallest absolute Gasteiger partial charge is 0.304 e. The topological polar surface area (TPSA) is 90.0 Å². The highest BCUT2D eigenvalue weighted by molar-refractivity contribution is 7.90. The summed E-state index contributed by atoms with van der Waals surface area (Å²) in [5.41, 5.74) is 3.89. The molecule has 9 heteroatoms. The SMILES string of the molecule is CNC(=O)C(C)N(Cc1ccccc1C)C(=O)CN(c1cc(C)ccc1C)S(=O)(=O)N(C)C. The van der Waals surface area contributed by atoms with Crippen LogP contribution in [0.1, 0.15) is 29.2 Å². The molecule has 2 aromatic rings. The van der Waals surface area contributed by atoms with Crippen molar-refractivity contribution in [1.82, 2.24) is 14.5 Å². The Morgan fingerprint density at radius 1 is 1.00 bits per heavy atom. The number of hydrogen-bond acceptors (Lipinski definition) is 4. The zero-order valence-electron chi connectivity index (χ0n) is 20.4. The van der Waals surface area contributed by atoms with E-state index in [2.05, 4.69) is 5.32 Å². The second-order valence-corrected chi connectivity index (χ2v) is 10.4. The Hall–Kier alpha value is -2.91. The maximum atomic E-state index is 13.6. The first kappa shape index (κ1) is 26.3. The summed E-state index contributed by atoms with van der Waals surface area (Å²) in [6.45, 7) is 6.99. The van der Waals surface area contributed by atoms with Gasteiger partial charge in [-0.1, -0.05) is 36.4 Å². The lowest BCUT2D eigenvalue weighted by atomic mass is 10.1. The number of likely N-dealkylation sites (N-methyl/N-ethyl adjacent to an activating group) is 1. The van der Waals surface area contributed by atoms with Crippen molar-refractivity contribution in [3.05, 3.63) is 64.7 Å². The van der Waals surface area contributed by atoms with Crippen LogP contribution in [0.2, 0.25) is 0 Å². The number of benzene rings is 2. The minimum atomic E-state index is -3.97. The van der Waals surface area contributed by atoms with Crippen LogP contribution in [-0.4, -0.2) is 63.2 Å². The van der Waals surface area contributed by atoms with Gasteiger partial charge in [0.25, 0.3) is 0 Å². The monoisotopic (exact) mass is 474 g/mol. The molecule has 180 valence electrons. The summed E-state index contributed by atoms with van der Waals surface area (Å²) in [7, 11) is 0.388. The highest BCUT2D eigenvalue weighted by atomic mass is 32.2. The second-order valence-electron chi connectivity index (χ2n) is 8.33. The van der Waals surface area contributed by atoms with E-state index in [0.29, 0.717) is 5.69 Å². The van der Waals surface area contributed by atoms with E-state index in [0.717, 1.165) is 30.9 Å². The molecule has 2 rings (SSSR count). The molecule has 0 saturated carbocycles. The van der Waals surface area contributed by atoms with Gasteiger partial charge in [0.2, 0.25) is 11.8 Å². The van der Waals surface area contributed by atoms with Gasteiger partial charge in [0.05, 0.1) is 5.69 Å². The van der Waals surface area contributed by atoms with E-state index in [-0.39, 0.29) is 12.5 Å². The maximum absolute atomic E-state index is 13.6. The molecule has 1 atom stereocenters. The van der Waals surface area contributed by atoms with Gasteiger partial charge in [-0.05, 0) is 56.0 Å². The Balaban J connectivity index is 2.52. The van der Waals surface area contributed by atoms with Gasteiger partial charge in [-0.3, -0.25) is 9.59 Å². The van der Waals surface area contributed by atoms with Crippen molar-refractivity contribution in [3.8, 4) is 0 Å². The molecule has 0 aliphatic carbocycles. The first-order chi connectivity index (χ1) is 15.4. The molecule has 0 heterocycles.